The van der Waals surface area contributed by atoms with Gasteiger partial charge in [-0.15, -0.1) is 0 Å². The molecule has 7 heteroatoms. The van der Waals surface area contributed by atoms with Crippen molar-refractivity contribution in [1.29, 1.82) is 0 Å². The number of rotatable bonds is 2. The highest BCUT2D eigenvalue weighted by atomic mass is 35.5. The lowest BCUT2D eigenvalue weighted by Gasteiger charge is -2.28. The quantitative estimate of drug-likeness (QED) is 0.529. The van der Waals surface area contributed by atoms with Crippen LogP contribution in [0.25, 0.3) is 0 Å². The maximum Gasteiger partial charge on any atom is 0.517 e. The van der Waals surface area contributed by atoms with Gasteiger partial charge in [0.2, 0.25) is 0 Å². The monoisotopic (exact) mass is 406 g/mol. The van der Waals surface area contributed by atoms with Gasteiger partial charge in [0.05, 0.1) is 0 Å². The van der Waals surface area contributed by atoms with E-state index in [0.717, 1.165) is 11.1 Å². The number of halogens is 2. The molecule has 0 amide bonds. The van der Waals surface area contributed by atoms with Gasteiger partial charge in [0, 0.05) is 27.6 Å². The SMILES string of the molecule is [O-][P+]1(Oc2ccccc2)Oc2ccc(Cl)cc2Cc2cc(Cl)ccc2O1. The molecule has 0 aromatic heterocycles. The third-order valence-electron chi connectivity index (χ3n) is 3.81. The summed E-state index contributed by atoms with van der Waals surface area (Å²) in [6.07, 6.45) is 0.469. The van der Waals surface area contributed by atoms with Crippen LogP contribution in [0.15, 0.2) is 66.7 Å². The van der Waals surface area contributed by atoms with Crippen LogP contribution in [0.1, 0.15) is 11.1 Å². The molecular weight excluding hydrogens is 394 g/mol. The van der Waals surface area contributed by atoms with Crippen molar-refractivity contribution in [2.45, 2.75) is 6.42 Å². The molecule has 0 saturated heterocycles. The van der Waals surface area contributed by atoms with Crippen LogP contribution in [-0.2, 0) is 6.42 Å². The van der Waals surface area contributed by atoms with Crippen LogP contribution in [0, 0.1) is 0 Å². The summed E-state index contributed by atoms with van der Waals surface area (Å²) in [5.41, 5.74) is 1.53. The third kappa shape index (κ3) is 3.74. The van der Waals surface area contributed by atoms with Crippen LogP contribution in [0.3, 0.4) is 0 Å². The molecule has 0 fully saturated rings. The first-order chi connectivity index (χ1) is 12.5. The van der Waals surface area contributed by atoms with E-state index in [9.17, 15) is 4.89 Å². The molecular formula is C19H13Cl2O4P. The van der Waals surface area contributed by atoms with Crippen LogP contribution in [0.2, 0.25) is 10.0 Å². The van der Waals surface area contributed by atoms with E-state index < -0.39 is 8.17 Å². The summed E-state index contributed by atoms with van der Waals surface area (Å²) < 4.78 is 17.0. The predicted octanol–water partition coefficient (Wildman–Crippen LogP) is 5.47. The minimum absolute atomic E-state index is 0.377. The van der Waals surface area contributed by atoms with E-state index >= 15 is 0 Å². The number of phosphoric ester groups is 1. The molecule has 3 aromatic carbocycles. The van der Waals surface area contributed by atoms with E-state index in [-0.39, 0.29) is 0 Å². The molecule has 0 aliphatic carbocycles. The van der Waals surface area contributed by atoms with Crippen molar-refractivity contribution in [3.63, 3.8) is 0 Å². The number of fused-ring (bicyclic) bond motifs is 2. The molecule has 0 saturated carbocycles. The van der Waals surface area contributed by atoms with E-state index in [2.05, 4.69) is 0 Å². The average molecular weight is 407 g/mol. The molecule has 0 radical (unpaired) electrons. The van der Waals surface area contributed by atoms with Gasteiger partial charge in [-0.2, -0.15) is 0 Å². The summed E-state index contributed by atoms with van der Waals surface area (Å²) in [5, 5.41) is 1.10. The highest BCUT2D eigenvalue weighted by molar-refractivity contribution is 7.55. The molecule has 1 heterocycles. The maximum absolute atomic E-state index is 13.3. The van der Waals surface area contributed by atoms with Gasteiger partial charge < -0.3 is 4.89 Å². The minimum Gasteiger partial charge on any atom is -0.583 e. The molecule has 0 unspecified atom stereocenters. The maximum atomic E-state index is 13.3. The Morgan fingerprint density at radius 2 is 1.35 bits per heavy atom. The highest BCUT2D eigenvalue weighted by Gasteiger charge is 2.41. The summed E-state index contributed by atoms with van der Waals surface area (Å²) in [6, 6.07) is 18.9. The van der Waals surface area contributed by atoms with Gasteiger partial charge in [-0.1, -0.05) is 41.4 Å². The summed E-state index contributed by atoms with van der Waals surface area (Å²) in [4.78, 5) is 13.3. The van der Waals surface area contributed by atoms with E-state index in [1.54, 1.807) is 60.7 Å². The molecule has 132 valence electrons. The van der Waals surface area contributed by atoms with Gasteiger partial charge in [-0.25, -0.2) is 0 Å². The lowest BCUT2D eigenvalue weighted by Crippen LogP contribution is -2.27. The number of hydrogen-bond acceptors (Lipinski definition) is 4. The van der Waals surface area contributed by atoms with Gasteiger partial charge in [0.1, 0.15) is 0 Å². The molecule has 0 spiro atoms. The second-order valence-electron chi connectivity index (χ2n) is 5.71. The molecule has 0 bridgehead atoms. The van der Waals surface area contributed by atoms with Gasteiger partial charge in [-0.3, -0.25) is 13.6 Å². The highest BCUT2D eigenvalue weighted by Crippen LogP contribution is 2.56. The topological polar surface area (TPSA) is 50.8 Å². The molecule has 0 atom stereocenters. The Bertz CT molecular complexity index is 896. The molecule has 4 rings (SSSR count). The fraction of sp³-hybridized carbons (Fsp3) is 0.0526. The molecule has 0 N–H and O–H groups in total. The smallest absolute Gasteiger partial charge is 0.517 e. The number of benzene rings is 3. The molecule has 3 aromatic rings. The number of hydrogen-bond donors (Lipinski definition) is 0. The molecule has 4 nitrogen and oxygen atoms in total. The Morgan fingerprint density at radius 1 is 0.808 bits per heavy atom. The Balaban J connectivity index is 1.80. The molecule has 1 aliphatic rings. The zero-order chi connectivity index (χ0) is 18.1. The van der Waals surface area contributed by atoms with E-state index in [1.807, 2.05) is 6.07 Å². The van der Waals surface area contributed by atoms with E-state index in [0.29, 0.717) is 33.7 Å². The van der Waals surface area contributed by atoms with Crippen LogP contribution in [0.4, 0.5) is 0 Å². The first-order valence-corrected chi connectivity index (χ1v) is 10.0. The summed E-state index contributed by atoms with van der Waals surface area (Å²) in [6.45, 7) is 0. The summed E-state index contributed by atoms with van der Waals surface area (Å²) in [5.74, 6) is 1.15. The summed E-state index contributed by atoms with van der Waals surface area (Å²) in [7, 11) is -3.99. The summed E-state index contributed by atoms with van der Waals surface area (Å²) >= 11 is 12.2. The zero-order valence-electron chi connectivity index (χ0n) is 13.4. The van der Waals surface area contributed by atoms with Crippen LogP contribution < -0.4 is 18.5 Å². The van der Waals surface area contributed by atoms with Crippen LogP contribution in [0.5, 0.6) is 17.2 Å². The van der Waals surface area contributed by atoms with Crippen molar-refractivity contribution in [1.82, 2.24) is 0 Å². The van der Waals surface area contributed by atoms with Gasteiger partial charge in [0.25, 0.3) is 0 Å². The number of phosphoric acid groups is 1. The third-order valence-corrected chi connectivity index (χ3v) is 5.55. The van der Waals surface area contributed by atoms with E-state index in [1.165, 1.54) is 0 Å². The second-order valence-corrected chi connectivity index (χ2v) is 8.03. The van der Waals surface area contributed by atoms with Crippen LogP contribution in [-0.4, -0.2) is 0 Å². The molecule has 1 aliphatic heterocycles. The Labute approximate surface area is 161 Å². The number of para-hydroxylation sites is 1. The van der Waals surface area contributed by atoms with Crippen molar-refractivity contribution in [3.05, 3.63) is 87.9 Å². The van der Waals surface area contributed by atoms with Crippen molar-refractivity contribution < 1.29 is 18.5 Å². The lowest BCUT2D eigenvalue weighted by molar-refractivity contribution is -0.222. The normalized spacial score (nSPS) is 14.7. The standard InChI is InChI=1S/C19H13Cl2O4P/c20-15-6-8-18-13(11-15)10-14-12-16(21)7-9-19(14)25-26(22,24-18)23-17-4-2-1-3-5-17/h1-9,11-12H,10H2. The van der Waals surface area contributed by atoms with Gasteiger partial charge >= 0.3 is 8.17 Å². The lowest BCUT2D eigenvalue weighted by atomic mass is 10.0. The van der Waals surface area contributed by atoms with Crippen molar-refractivity contribution in [3.8, 4) is 17.2 Å². The minimum atomic E-state index is -3.99. The van der Waals surface area contributed by atoms with Gasteiger partial charge in [-0.05, 0) is 48.5 Å². The predicted molar refractivity (Wildman–Crippen MR) is 101 cm³/mol. The first-order valence-electron chi connectivity index (χ1n) is 7.81. The fourth-order valence-corrected chi connectivity index (χ4v) is 4.38. The Kier molecular flexibility index (Phi) is 4.68. The van der Waals surface area contributed by atoms with Crippen molar-refractivity contribution >= 4 is 31.4 Å². The largest absolute Gasteiger partial charge is 0.583 e. The average Bonchev–Trinajstić information content (AvgIpc) is 2.59. The second kappa shape index (κ2) is 6.98. The Hall–Kier alpha value is -1.97. The zero-order valence-corrected chi connectivity index (χ0v) is 15.8. The van der Waals surface area contributed by atoms with E-state index in [4.69, 9.17) is 36.8 Å². The van der Waals surface area contributed by atoms with Crippen LogP contribution >= 0.6 is 31.4 Å². The Morgan fingerprint density at radius 3 is 1.88 bits per heavy atom. The fourth-order valence-electron chi connectivity index (χ4n) is 2.66. The molecule has 26 heavy (non-hydrogen) atoms. The first kappa shape index (κ1) is 17.4. The van der Waals surface area contributed by atoms with Crippen molar-refractivity contribution in [2.75, 3.05) is 0 Å². The van der Waals surface area contributed by atoms with Gasteiger partial charge in [0.15, 0.2) is 17.2 Å². The van der Waals surface area contributed by atoms with Crippen molar-refractivity contribution in [2.24, 2.45) is 0 Å².